The van der Waals surface area contributed by atoms with Gasteiger partial charge in [0.25, 0.3) is 0 Å². The van der Waals surface area contributed by atoms with Gasteiger partial charge in [-0.2, -0.15) is 9.62 Å². The van der Waals surface area contributed by atoms with E-state index in [1.54, 1.807) is 25.3 Å². The molecule has 72 valence electrons. The molecule has 0 aliphatic carbocycles. The van der Waals surface area contributed by atoms with Crippen LogP contribution in [0.4, 0.5) is 5.82 Å². The van der Waals surface area contributed by atoms with Gasteiger partial charge in [-0.15, -0.1) is 15.3 Å². The molecule has 0 amide bonds. The summed E-state index contributed by atoms with van der Waals surface area (Å²) in [5, 5.41) is 15.6. The van der Waals surface area contributed by atoms with Gasteiger partial charge < -0.3 is 0 Å². The first kappa shape index (κ1) is 8.89. The Morgan fingerprint density at radius 1 is 1.50 bits per heavy atom. The molecule has 0 radical (unpaired) electrons. The molecule has 2 aromatic rings. The minimum Gasteiger partial charge on any atom is -0.260 e. The van der Waals surface area contributed by atoms with Crippen molar-refractivity contribution in [2.45, 2.75) is 6.92 Å². The average molecular weight is 211 g/mol. The quantitative estimate of drug-likeness (QED) is 0.597. The van der Waals surface area contributed by atoms with Gasteiger partial charge in [0.1, 0.15) is 0 Å². The summed E-state index contributed by atoms with van der Waals surface area (Å²) in [6, 6.07) is 3.49. The zero-order valence-electron chi connectivity index (χ0n) is 7.35. The topological polar surface area (TPSA) is 67.5 Å². The maximum atomic E-state index is 5.74. The Bertz CT molecular complexity index is 476. The summed E-state index contributed by atoms with van der Waals surface area (Å²) < 4.78 is 1.43. The van der Waals surface area contributed by atoms with E-state index in [9.17, 15) is 0 Å². The van der Waals surface area contributed by atoms with Crippen LogP contribution in [0.25, 0.3) is 5.65 Å². The third kappa shape index (κ3) is 1.51. The highest BCUT2D eigenvalue weighted by molar-refractivity contribution is 6.28. The molecule has 0 aliphatic heterocycles. The Kier molecular flexibility index (Phi) is 2.28. The van der Waals surface area contributed by atoms with Crippen LogP contribution in [0, 0.1) is 0 Å². The monoisotopic (exact) mass is 210 g/mol. The second-order valence-corrected chi connectivity index (χ2v) is 2.79. The predicted molar refractivity (Wildman–Crippen MR) is 53.6 cm³/mol. The molecule has 0 aliphatic rings. The van der Waals surface area contributed by atoms with Crippen molar-refractivity contribution < 1.29 is 0 Å². The maximum Gasteiger partial charge on any atom is 0.246 e. The number of fused-ring (bicyclic) bond motifs is 1. The van der Waals surface area contributed by atoms with E-state index in [0.717, 1.165) is 0 Å². The zero-order chi connectivity index (χ0) is 9.97. The molecule has 2 rings (SSSR count). The molecule has 2 heterocycles. The molecule has 1 N–H and O–H groups in total. The minimum atomic E-state index is 0.226. The predicted octanol–water partition coefficient (Wildman–Crippen LogP) is 1.20. The van der Waals surface area contributed by atoms with E-state index in [2.05, 4.69) is 25.8 Å². The van der Waals surface area contributed by atoms with E-state index in [0.29, 0.717) is 11.5 Å². The number of hydrogen-bond acceptors (Lipinski definition) is 5. The molecule has 0 bridgehead atoms. The van der Waals surface area contributed by atoms with Crippen LogP contribution in [0.3, 0.4) is 0 Å². The molecule has 14 heavy (non-hydrogen) atoms. The Hall–Kier alpha value is -1.69. The average Bonchev–Trinajstić information content (AvgIpc) is 2.57. The van der Waals surface area contributed by atoms with Gasteiger partial charge in [-0.1, -0.05) is 0 Å². The van der Waals surface area contributed by atoms with Crippen molar-refractivity contribution in [2.75, 3.05) is 5.43 Å². The van der Waals surface area contributed by atoms with Gasteiger partial charge in [0.05, 0.1) is 0 Å². The highest BCUT2D eigenvalue weighted by Gasteiger charge is 2.03. The summed E-state index contributed by atoms with van der Waals surface area (Å²) in [6.07, 6.45) is 1.62. The van der Waals surface area contributed by atoms with Crippen LogP contribution in [0.15, 0.2) is 17.2 Å². The van der Waals surface area contributed by atoms with E-state index >= 15 is 0 Å². The van der Waals surface area contributed by atoms with Crippen molar-refractivity contribution in [2.24, 2.45) is 5.10 Å². The Labute approximate surface area is 84.6 Å². The Balaban J connectivity index is 2.44. The maximum absolute atomic E-state index is 5.74. The molecule has 0 spiro atoms. The van der Waals surface area contributed by atoms with Crippen LogP contribution in [0.2, 0.25) is 5.28 Å². The van der Waals surface area contributed by atoms with Crippen LogP contribution >= 0.6 is 11.6 Å². The van der Waals surface area contributed by atoms with E-state index < -0.39 is 0 Å². The second kappa shape index (κ2) is 3.59. The number of halogens is 1. The van der Waals surface area contributed by atoms with Crippen LogP contribution in [0.1, 0.15) is 6.92 Å². The molecule has 0 atom stereocenters. The van der Waals surface area contributed by atoms with Gasteiger partial charge in [-0.05, 0) is 30.7 Å². The summed E-state index contributed by atoms with van der Waals surface area (Å²) in [4.78, 5) is 0. The molecule has 0 fully saturated rings. The summed E-state index contributed by atoms with van der Waals surface area (Å²) in [7, 11) is 0. The lowest BCUT2D eigenvalue weighted by molar-refractivity contribution is 0.925. The normalized spacial score (nSPS) is 11.3. The molecular weight excluding hydrogens is 204 g/mol. The first-order valence-electron chi connectivity index (χ1n) is 3.93. The number of nitrogens with zero attached hydrogens (tertiary/aromatic N) is 5. The summed E-state index contributed by atoms with van der Waals surface area (Å²) in [5.74, 6) is 0.581. The van der Waals surface area contributed by atoms with Crippen LogP contribution in [-0.2, 0) is 0 Å². The standard InChI is InChI=1S/C7H7ClN6/c1-2-9-10-5-3-4-6-11-12-7(8)14(6)13-5/h2-4H,1H3,(H,10,13)/b9-2+. The number of hydrazone groups is 1. The molecule has 0 aromatic carbocycles. The van der Waals surface area contributed by atoms with Crippen LogP contribution < -0.4 is 5.43 Å². The first-order chi connectivity index (χ1) is 6.81. The molecule has 6 nitrogen and oxygen atoms in total. The van der Waals surface area contributed by atoms with Crippen molar-refractivity contribution in [1.29, 1.82) is 0 Å². The van der Waals surface area contributed by atoms with E-state index in [-0.39, 0.29) is 5.28 Å². The van der Waals surface area contributed by atoms with Gasteiger partial charge in [0.15, 0.2) is 11.5 Å². The van der Waals surface area contributed by atoms with E-state index in [1.165, 1.54) is 4.52 Å². The van der Waals surface area contributed by atoms with E-state index in [1.807, 2.05) is 0 Å². The van der Waals surface area contributed by atoms with Crippen LogP contribution in [-0.4, -0.2) is 26.0 Å². The molecule has 0 saturated carbocycles. The van der Waals surface area contributed by atoms with Crippen molar-refractivity contribution >= 4 is 29.3 Å². The zero-order valence-corrected chi connectivity index (χ0v) is 8.10. The van der Waals surface area contributed by atoms with Gasteiger partial charge in [-0.3, -0.25) is 5.43 Å². The third-order valence-electron chi connectivity index (χ3n) is 1.53. The second-order valence-electron chi connectivity index (χ2n) is 2.46. The highest BCUT2D eigenvalue weighted by Crippen LogP contribution is 2.09. The summed E-state index contributed by atoms with van der Waals surface area (Å²) in [6.45, 7) is 1.80. The van der Waals surface area contributed by atoms with Gasteiger partial charge >= 0.3 is 0 Å². The van der Waals surface area contributed by atoms with Gasteiger partial charge in [0, 0.05) is 6.21 Å². The smallest absolute Gasteiger partial charge is 0.246 e. The number of anilines is 1. The summed E-state index contributed by atoms with van der Waals surface area (Å²) >= 11 is 5.74. The Morgan fingerprint density at radius 2 is 2.36 bits per heavy atom. The highest BCUT2D eigenvalue weighted by atomic mass is 35.5. The molecule has 2 aromatic heterocycles. The number of hydrogen-bond donors (Lipinski definition) is 1. The lowest BCUT2D eigenvalue weighted by Gasteiger charge is -1.98. The molecular formula is C7H7ClN6. The number of aromatic nitrogens is 4. The Morgan fingerprint density at radius 3 is 3.14 bits per heavy atom. The van der Waals surface area contributed by atoms with Crippen molar-refractivity contribution in [3.05, 3.63) is 17.4 Å². The lowest BCUT2D eigenvalue weighted by Crippen LogP contribution is -1.98. The van der Waals surface area contributed by atoms with Crippen molar-refractivity contribution in [1.82, 2.24) is 19.8 Å². The van der Waals surface area contributed by atoms with Gasteiger partial charge in [-0.25, -0.2) is 0 Å². The largest absolute Gasteiger partial charge is 0.260 e. The fourth-order valence-electron chi connectivity index (χ4n) is 0.953. The minimum absolute atomic E-state index is 0.226. The lowest BCUT2D eigenvalue weighted by atomic mass is 10.5. The van der Waals surface area contributed by atoms with Crippen LogP contribution in [0.5, 0.6) is 0 Å². The molecule has 7 heteroatoms. The summed E-state index contributed by atoms with van der Waals surface area (Å²) in [5.41, 5.74) is 3.32. The molecule has 0 saturated heterocycles. The SMILES string of the molecule is C/C=N/Nc1ccc2nnc(Cl)n2n1. The first-order valence-corrected chi connectivity index (χ1v) is 4.30. The van der Waals surface area contributed by atoms with E-state index in [4.69, 9.17) is 11.6 Å². The number of nitrogens with one attached hydrogen (secondary N) is 1. The fourth-order valence-corrected chi connectivity index (χ4v) is 1.12. The molecule has 0 unspecified atom stereocenters. The fraction of sp³-hybridized carbons (Fsp3) is 0.143. The third-order valence-corrected chi connectivity index (χ3v) is 1.77. The number of rotatable bonds is 2. The van der Waals surface area contributed by atoms with Crippen molar-refractivity contribution in [3.63, 3.8) is 0 Å². The van der Waals surface area contributed by atoms with Gasteiger partial charge in [0.2, 0.25) is 5.28 Å². The van der Waals surface area contributed by atoms with Crippen molar-refractivity contribution in [3.8, 4) is 0 Å².